The molecule has 6 nitrogen and oxygen atoms in total. The van der Waals surface area contributed by atoms with Crippen molar-refractivity contribution in [3.05, 3.63) is 63.2 Å². The number of hydrogen-bond donors (Lipinski definition) is 1. The van der Waals surface area contributed by atoms with Gasteiger partial charge in [0.25, 0.3) is 5.91 Å². The average molecular weight is 331 g/mol. The Morgan fingerprint density at radius 1 is 1.30 bits per heavy atom. The number of benzene rings is 2. The van der Waals surface area contributed by atoms with Crippen LogP contribution >= 0.6 is 11.6 Å². The molecule has 0 fully saturated rings. The van der Waals surface area contributed by atoms with E-state index in [9.17, 15) is 14.9 Å². The van der Waals surface area contributed by atoms with Crippen molar-refractivity contribution >= 4 is 23.2 Å². The second-order valence-corrected chi connectivity index (χ2v) is 4.82. The minimum atomic E-state index is -0.581. The van der Waals surface area contributed by atoms with E-state index in [1.165, 1.54) is 42.5 Å². The molecule has 7 heteroatoms. The van der Waals surface area contributed by atoms with Gasteiger partial charge in [0.2, 0.25) is 5.75 Å². The largest absolute Gasteiger partial charge is 0.450 e. The van der Waals surface area contributed by atoms with Crippen molar-refractivity contribution in [3.8, 4) is 23.8 Å². The summed E-state index contributed by atoms with van der Waals surface area (Å²) in [4.78, 5) is 22.1. The Bertz CT molecular complexity index is 782. The van der Waals surface area contributed by atoms with Gasteiger partial charge in [-0.15, -0.1) is 6.42 Å². The van der Waals surface area contributed by atoms with Crippen molar-refractivity contribution in [2.75, 3.05) is 6.54 Å². The van der Waals surface area contributed by atoms with Crippen LogP contribution < -0.4 is 10.1 Å². The monoisotopic (exact) mass is 330 g/mol. The summed E-state index contributed by atoms with van der Waals surface area (Å²) >= 11 is 5.74. The summed E-state index contributed by atoms with van der Waals surface area (Å²) in [7, 11) is 0. The van der Waals surface area contributed by atoms with E-state index in [1.807, 2.05) is 0 Å². The predicted molar refractivity (Wildman–Crippen MR) is 85.8 cm³/mol. The number of amides is 1. The van der Waals surface area contributed by atoms with Crippen LogP contribution in [0.5, 0.6) is 11.5 Å². The summed E-state index contributed by atoms with van der Waals surface area (Å²) in [6.07, 6.45) is 5.06. The highest BCUT2D eigenvalue weighted by Crippen LogP contribution is 2.33. The van der Waals surface area contributed by atoms with E-state index < -0.39 is 4.92 Å². The number of rotatable bonds is 5. The second-order valence-electron chi connectivity index (χ2n) is 4.38. The molecule has 0 bridgehead atoms. The smallest absolute Gasteiger partial charge is 0.313 e. The normalized spacial score (nSPS) is 9.74. The SMILES string of the molecule is C#CCNC(=O)c1ccc(Oc2ccc(Cl)cc2[N+](=O)[O-])cc1. The minimum absolute atomic E-state index is 0.0592. The number of nitro benzene ring substituents is 1. The zero-order chi connectivity index (χ0) is 16.8. The Hall–Kier alpha value is -3.04. The number of halogens is 1. The highest BCUT2D eigenvalue weighted by molar-refractivity contribution is 6.30. The van der Waals surface area contributed by atoms with Crippen molar-refractivity contribution < 1.29 is 14.5 Å². The average Bonchev–Trinajstić information content (AvgIpc) is 2.54. The first-order valence-electron chi connectivity index (χ1n) is 6.45. The molecule has 1 amide bonds. The highest BCUT2D eigenvalue weighted by atomic mass is 35.5. The Labute approximate surface area is 137 Å². The molecule has 0 saturated carbocycles. The standard InChI is InChI=1S/C16H11ClN2O4/c1-2-9-18-16(20)11-3-6-13(7-4-11)23-15-8-5-12(17)10-14(15)19(21)22/h1,3-8,10H,9H2,(H,18,20). The quantitative estimate of drug-likeness (QED) is 0.517. The lowest BCUT2D eigenvalue weighted by atomic mass is 10.2. The van der Waals surface area contributed by atoms with Gasteiger partial charge in [-0.25, -0.2) is 0 Å². The molecule has 0 radical (unpaired) electrons. The molecule has 2 aromatic rings. The van der Waals surface area contributed by atoms with Gasteiger partial charge in [0, 0.05) is 16.7 Å². The molecule has 0 unspecified atom stereocenters. The van der Waals surface area contributed by atoms with Gasteiger partial charge in [0.15, 0.2) is 0 Å². The van der Waals surface area contributed by atoms with Crippen molar-refractivity contribution in [1.82, 2.24) is 5.32 Å². The van der Waals surface area contributed by atoms with Crippen LogP contribution in [0.1, 0.15) is 10.4 Å². The molecule has 0 saturated heterocycles. The summed E-state index contributed by atoms with van der Waals surface area (Å²) < 4.78 is 5.48. The number of nitrogens with one attached hydrogen (secondary N) is 1. The molecule has 2 rings (SSSR count). The lowest BCUT2D eigenvalue weighted by molar-refractivity contribution is -0.385. The molecule has 0 atom stereocenters. The lowest BCUT2D eigenvalue weighted by Crippen LogP contribution is -2.23. The van der Waals surface area contributed by atoms with Gasteiger partial charge in [-0.05, 0) is 36.4 Å². The number of terminal acetylenes is 1. The van der Waals surface area contributed by atoms with Gasteiger partial charge < -0.3 is 10.1 Å². The van der Waals surface area contributed by atoms with Gasteiger partial charge >= 0.3 is 5.69 Å². The van der Waals surface area contributed by atoms with Gasteiger partial charge in [0.05, 0.1) is 11.5 Å². The van der Waals surface area contributed by atoms with Crippen molar-refractivity contribution in [3.63, 3.8) is 0 Å². The first-order valence-corrected chi connectivity index (χ1v) is 6.82. The molecule has 0 spiro atoms. The number of nitro groups is 1. The molecular formula is C16H11ClN2O4. The first kappa shape index (κ1) is 16.3. The number of carbonyl (C=O) groups is 1. The van der Waals surface area contributed by atoms with E-state index in [1.54, 1.807) is 0 Å². The lowest BCUT2D eigenvalue weighted by Gasteiger charge is -2.07. The topological polar surface area (TPSA) is 81.5 Å². The van der Waals surface area contributed by atoms with Gasteiger partial charge in [0.1, 0.15) is 5.75 Å². The highest BCUT2D eigenvalue weighted by Gasteiger charge is 2.16. The summed E-state index contributed by atoms with van der Waals surface area (Å²) in [5.74, 6) is 2.40. The maximum Gasteiger partial charge on any atom is 0.313 e. The fourth-order valence-electron chi connectivity index (χ4n) is 1.75. The molecule has 0 aliphatic heterocycles. The van der Waals surface area contributed by atoms with Crippen LogP contribution in [0.2, 0.25) is 5.02 Å². The minimum Gasteiger partial charge on any atom is -0.450 e. The van der Waals surface area contributed by atoms with Crippen LogP contribution in [-0.2, 0) is 0 Å². The van der Waals surface area contributed by atoms with Crippen LogP contribution in [-0.4, -0.2) is 17.4 Å². The van der Waals surface area contributed by atoms with Crippen molar-refractivity contribution in [2.45, 2.75) is 0 Å². The fourth-order valence-corrected chi connectivity index (χ4v) is 1.92. The van der Waals surface area contributed by atoms with E-state index in [-0.39, 0.29) is 28.9 Å². The maximum atomic E-state index is 11.7. The van der Waals surface area contributed by atoms with E-state index in [0.717, 1.165) is 0 Å². The van der Waals surface area contributed by atoms with Crippen LogP contribution in [0.15, 0.2) is 42.5 Å². The zero-order valence-corrected chi connectivity index (χ0v) is 12.5. The third-order valence-electron chi connectivity index (χ3n) is 2.81. The Morgan fingerprint density at radius 2 is 2.00 bits per heavy atom. The number of ether oxygens (including phenoxy) is 1. The number of hydrogen-bond acceptors (Lipinski definition) is 4. The van der Waals surface area contributed by atoms with Gasteiger partial charge in [-0.1, -0.05) is 17.5 Å². The van der Waals surface area contributed by atoms with Gasteiger partial charge in [-0.2, -0.15) is 0 Å². The van der Waals surface area contributed by atoms with E-state index in [0.29, 0.717) is 11.3 Å². The number of carbonyl (C=O) groups excluding carboxylic acids is 1. The molecule has 1 N–H and O–H groups in total. The van der Waals surface area contributed by atoms with E-state index >= 15 is 0 Å². The van der Waals surface area contributed by atoms with Crippen LogP contribution in [0.25, 0.3) is 0 Å². The van der Waals surface area contributed by atoms with Crippen LogP contribution in [0, 0.1) is 22.5 Å². The van der Waals surface area contributed by atoms with Gasteiger partial charge in [-0.3, -0.25) is 14.9 Å². The summed E-state index contributed by atoms with van der Waals surface area (Å²) in [6, 6.07) is 10.2. The first-order chi connectivity index (χ1) is 11.0. The third kappa shape index (κ3) is 4.22. The van der Waals surface area contributed by atoms with Crippen molar-refractivity contribution in [1.29, 1.82) is 0 Å². The summed E-state index contributed by atoms with van der Waals surface area (Å²) in [5, 5.41) is 13.8. The number of nitrogens with zero attached hydrogens (tertiary/aromatic N) is 1. The fraction of sp³-hybridized carbons (Fsp3) is 0.0625. The van der Waals surface area contributed by atoms with Crippen molar-refractivity contribution in [2.24, 2.45) is 0 Å². The molecule has 0 aromatic heterocycles. The predicted octanol–water partition coefficient (Wildman–Crippen LogP) is 3.40. The third-order valence-corrected chi connectivity index (χ3v) is 3.05. The van der Waals surface area contributed by atoms with Crippen LogP contribution in [0.3, 0.4) is 0 Å². The zero-order valence-electron chi connectivity index (χ0n) is 11.8. The Morgan fingerprint density at radius 3 is 2.61 bits per heavy atom. The van der Waals surface area contributed by atoms with E-state index in [2.05, 4.69) is 11.2 Å². The molecule has 0 heterocycles. The second kappa shape index (κ2) is 7.29. The Balaban J connectivity index is 2.17. The summed E-state index contributed by atoms with van der Waals surface area (Å²) in [6.45, 7) is 0.133. The van der Waals surface area contributed by atoms with Crippen LogP contribution in [0.4, 0.5) is 5.69 Å². The molecule has 2 aromatic carbocycles. The molecule has 0 aliphatic carbocycles. The molecule has 23 heavy (non-hydrogen) atoms. The summed E-state index contributed by atoms with van der Waals surface area (Å²) in [5.41, 5.74) is 0.159. The molecule has 116 valence electrons. The maximum absolute atomic E-state index is 11.7. The molecular weight excluding hydrogens is 320 g/mol. The molecule has 0 aliphatic rings. The van der Waals surface area contributed by atoms with E-state index in [4.69, 9.17) is 22.8 Å². The Kier molecular flexibility index (Phi) is 5.18.